The number of halogens is 2. The van der Waals surface area contributed by atoms with Crippen LogP contribution in [0.4, 0.5) is 0 Å². The van der Waals surface area contributed by atoms with E-state index in [-0.39, 0.29) is 32.5 Å². The minimum atomic E-state index is -0.396. The molecule has 0 amide bonds. The van der Waals surface area contributed by atoms with Crippen LogP contribution >= 0.6 is 35.4 Å². The Morgan fingerprint density at radius 3 is 2.50 bits per heavy atom. The Bertz CT molecular complexity index is 799. The van der Waals surface area contributed by atoms with Crippen molar-refractivity contribution in [2.45, 2.75) is 13.3 Å². The molecule has 0 aliphatic rings. The molecule has 0 saturated carbocycles. The number of hydrogen-bond donors (Lipinski definition) is 4. The first-order valence-electron chi connectivity index (χ1n) is 5.52. The summed E-state index contributed by atoms with van der Waals surface area (Å²) in [6.45, 7) is 1.70. The van der Waals surface area contributed by atoms with Crippen molar-refractivity contribution in [3.63, 3.8) is 0 Å². The van der Waals surface area contributed by atoms with Crippen LogP contribution in [0.2, 0.25) is 10.0 Å². The number of phenolic OH excluding ortho intramolecular Hbond substituents is 2. The van der Waals surface area contributed by atoms with E-state index in [2.05, 4.69) is 9.97 Å². The number of rotatable bonds is 2. The lowest BCUT2D eigenvalue weighted by molar-refractivity contribution is 0.447. The highest BCUT2D eigenvalue weighted by atomic mass is 35.5. The van der Waals surface area contributed by atoms with E-state index in [1.165, 1.54) is 6.07 Å². The number of nitrogens with one attached hydrogen (secondary N) is 2. The van der Waals surface area contributed by atoms with E-state index in [0.29, 0.717) is 16.8 Å². The van der Waals surface area contributed by atoms with Gasteiger partial charge in [-0.2, -0.15) is 0 Å². The highest BCUT2D eigenvalue weighted by Crippen LogP contribution is 2.41. The van der Waals surface area contributed by atoms with Crippen LogP contribution in [0.25, 0.3) is 0 Å². The van der Waals surface area contributed by atoms with E-state index in [0.717, 1.165) is 0 Å². The molecule has 2 aromatic rings. The second-order valence-electron chi connectivity index (χ2n) is 4.22. The van der Waals surface area contributed by atoms with Gasteiger partial charge in [-0.05, 0) is 25.2 Å². The van der Waals surface area contributed by atoms with Crippen LogP contribution < -0.4 is 5.56 Å². The number of phenols is 2. The lowest BCUT2D eigenvalue weighted by Crippen LogP contribution is -2.16. The maximum absolute atomic E-state index is 11.9. The zero-order valence-electron chi connectivity index (χ0n) is 10.3. The first-order chi connectivity index (χ1) is 9.31. The molecule has 0 saturated heterocycles. The molecule has 1 aromatic heterocycles. The molecule has 8 heteroatoms. The largest absolute Gasteiger partial charge is 0.506 e. The monoisotopic (exact) mass is 332 g/mol. The van der Waals surface area contributed by atoms with Crippen LogP contribution in [-0.2, 0) is 6.42 Å². The van der Waals surface area contributed by atoms with Gasteiger partial charge in [-0.25, -0.2) is 0 Å². The van der Waals surface area contributed by atoms with Gasteiger partial charge in [0.2, 0.25) is 0 Å². The number of benzene rings is 1. The van der Waals surface area contributed by atoms with Crippen LogP contribution in [0.3, 0.4) is 0 Å². The summed E-state index contributed by atoms with van der Waals surface area (Å²) < 4.78 is 0.224. The molecule has 20 heavy (non-hydrogen) atoms. The van der Waals surface area contributed by atoms with Crippen molar-refractivity contribution in [1.29, 1.82) is 0 Å². The summed E-state index contributed by atoms with van der Waals surface area (Å²) in [4.78, 5) is 17.2. The number of aromatic hydroxyl groups is 2. The first kappa shape index (κ1) is 14.9. The minimum Gasteiger partial charge on any atom is -0.506 e. The second-order valence-corrected chi connectivity index (χ2v) is 5.41. The molecule has 106 valence electrons. The molecule has 0 atom stereocenters. The third kappa shape index (κ3) is 2.67. The molecule has 0 aliphatic heterocycles. The minimum absolute atomic E-state index is 0.000695. The van der Waals surface area contributed by atoms with Crippen molar-refractivity contribution < 1.29 is 10.2 Å². The molecule has 4 N–H and O–H groups in total. The van der Waals surface area contributed by atoms with Crippen LogP contribution in [0.5, 0.6) is 11.5 Å². The predicted molar refractivity (Wildman–Crippen MR) is 79.6 cm³/mol. The van der Waals surface area contributed by atoms with E-state index in [4.69, 9.17) is 35.4 Å². The fraction of sp³-hybridized carbons (Fsp3) is 0.167. The van der Waals surface area contributed by atoms with Crippen molar-refractivity contribution in [3.8, 4) is 11.5 Å². The highest BCUT2D eigenvalue weighted by Gasteiger charge is 2.17. The van der Waals surface area contributed by atoms with Gasteiger partial charge in [0.05, 0.1) is 5.02 Å². The molecule has 0 radical (unpaired) electrons. The number of aromatic amines is 2. The highest BCUT2D eigenvalue weighted by molar-refractivity contribution is 7.71. The average Bonchev–Trinajstić information content (AvgIpc) is 2.37. The van der Waals surface area contributed by atoms with Gasteiger partial charge in [0.1, 0.15) is 10.8 Å². The smallest absolute Gasteiger partial charge is 0.255 e. The molecule has 1 aromatic carbocycles. The van der Waals surface area contributed by atoms with Gasteiger partial charge < -0.3 is 15.2 Å². The zero-order chi connectivity index (χ0) is 15.0. The van der Waals surface area contributed by atoms with E-state index < -0.39 is 5.75 Å². The van der Waals surface area contributed by atoms with Gasteiger partial charge in [0.25, 0.3) is 5.56 Å². The maximum Gasteiger partial charge on any atom is 0.255 e. The second kappa shape index (κ2) is 5.47. The van der Waals surface area contributed by atoms with Gasteiger partial charge in [-0.3, -0.25) is 9.78 Å². The molecule has 0 aliphatic carbocycles. The molecule has 1 heterocycles. The van der Waals surface area contributed by atoms with Crippen LogP contribution in [0.15, 0.2) is 10.9 Å². The van der Waals surface area contributed by atoms with Crippen molar-refractivity contribution in [1.82, 2.24) is 9.97 Å². The molecular weight excluding hydrogens is 323 g/mol. The van der Waals surface area contributed by atoms with E-state index in [1.807, 2.05) is 0 Å². The average molecular weight is 333 g/mol. The van der Waals surface area contributed by atoms with Gasteiger partial charge >= 0.3 is 0 Å². The Morgan fingerprint density at radius 2 is 1.90 bits per heavy atom. The molecule has 0 spiro atoms. The fourth-order valence-electron chi connectivity index (χ4n) is 1.81. The Morgan fingerprint density at radius 1 is 1.25 bits per heavy atom. The molecule has 0 bridgehead atoms. The normalized spacial score (nSPS) is 10.8. The van der Waals surface area contributed by atoms with Crippen molar-refractivity contribution in [2.24, 2.45) is 0 Å². The first-order valence-corrected chi connectivity index (χ1v) is 6.68. The Hall–Kier alpha value is -1.50. The summed E-state index contributed by atoms with van der Waals surface area (Å²) in [5.41, 5.74) is 0.952. The summed E-state index contributed by atoms with van der Waals surface area (Å²) >= 11 is 16.4. The number of aryl methyl sites for hydroxylation is 1. The zero-order valence-corrected chi connectivity index (χ0v) is 12.6. The molecule has 2 rings (SSSR count). The fourth-order valence-corrected chi connectivity index (χ4v) is 2.56. The summed E-state index contributed by atoms with van der Waals surface area (Å²) in [6, 6.07) is 1.36. The number of aromatic nitrogens is 2. The van der Waals surface area contributed by atoms with Gasteiger partial charge in [0.15, 0.2) is 10.5 Å². The molecule has 0 unspecified atom stereocenters. The lowest BCUT2D eigenvalue weighted by Gasteiger charge is -2.10. The van der Waals surface area contributed by atoms with E-state index in [1.54, 1.807) is 6.92 Å². The quantitative estimate of drug-likeness (QED) is 0.636. The Kier molecular flexibility index (Phi) is 4.08. The number of H-pyrrole nitrogens is 2. The van der Waals surface area contributed by atoms with Crippen molar-refractivity contribution in [3.05, 3.63) is 48.1 Å². The van der Waals surface area contributed by atoms with Crippen LogP contribution in [0.1, 0.15) is 16.8 Å². The van der Waals surface area contributed by atoms with Crippen LogP contribution in [0, 0.1) is 11.7 Å². The SMILES string of the molecule is Cc1[nH]c(=S)[nH]c(=O)c1Cc1cc(Cl)c(O)c(Cl)c1O. The Labute approximate surface area is 128 Å². The van der Waals surface area contributed by atoms with Crippen molar-refractivity contribution in [2.75, 3.05) is 0 Å². The topological polar surface area (TPSA) is 89.1 Å². The van der Waals surface area contributed by atoms with Gasteiger partial charge in [-0.15, -0.1) is 0 Å². The summed E-state index contributed by atoms with van der Waals surface area (Å²) in [5.74, 6) is -0.706. The molecule has 0 fully saturated rings. The third-order valence-electron chi connectivity index (χ3n) is 2.87. The maximum atomic E-state index is 11.9. The van der Waals surface area contributed by atoms with E-state index in [9.17, 15) is 15.0 Å². The number of hydrogen-bond acceptors (Lipinski definition) is 4. The third-order valence-corrected chi connectivity index (χ3v) is 3.72. The van der Waals surface area contributed by atoms with Crippen molar-refractivity contribution >= 4 is 35.4 Å². The molecular formula is C12H10Cl2N2O3S. The Balaban J connectivity index is 2.57. The van der Waals surface area contributed by atoms with E-state index >= 15 is 0 Å². The summed E-state index contributed by atoms with van der Waals surface area (Å²) in [5, 5.41) is 19.2. The lowest BCUT2D eigenvalue weighted by atomic mass is 10.0. The van der Waals surface area contributed by atoms with Crippen LogP contribution in [-0.4, -0.2) is 20.2 Å². The summed E-state index contributed by atoms with van der Waals surface area (Å²) in [7, 11) is 0. The molecule has 5 nitrogen and oxygen atoms in total. The summed E-state index contributed by atoms with van der Waals surface area (Å²) in [6.07, 6.45) is 0.0961. The predicted octanol–water partition coefficient (Wildman–Crippen LogP) is 3.05. The van der Waals surface area contributed by atoms with Gasteiger partial charge in [-0.1, -0.05) is 23.2 Å². The standard InChI is InChI=1S/C12H10Cl2N2O3S/c1-4-6(11(19)16-12(20)15-4)2-5-3-7(13)10(18)8(14)9(5)17/h3,17-18H,2H2,1H3,(H2,15,16,19,20). The van der Waals surface area contributed by atoms with Gasteiger partial charge in [0, 0.05) is 23.2 Å².